The Morgan fingerprint density at radius 2 is 2.00 bits per heavy atom. The highest BCUT2D eigenvalue weighted by Crippen LogP contribution is 2.10. The van der Waals surface area contributed by atoms with E-state index in [1.807, 2.05) is 13.8 Å². The summed E-state index contributed by atoms with van der Waals surface area (Å²) >= 11 is 0. The van der Waals surface area contributed by atoms with Gasteiger partial charge in [0.05, 0.1) is 0 Å². The lowest BCUT2D eigenvalue weighted by Crippen LogP contribution is -2.14. The van der Waals surface area contributed by atoms with E-state index in [2.05, 4.69) is 30.7 Å². The third-order valence-electron chi connectivity index (χ3n) is 1.69. The van der Waals surface area contributed by atoms with Crippen LogP contribution in [0.3, 0.4) is 0 Å². The predicted molar refractivity (Wildman–Crippen MR) is 51.5 cm³/mol. The Labute approximate surface area is 70.4 Å². The van der Waals surface area contributed by atoms with E-state index >= 15 is 0 Å². The van der Waals surface area contributed by atoms with Crippen LogP contribution in [0.1, 0.15) is 26.7 Å². The summed E-state index contributed by atoms with van der Waals surface area (Å²) in [5.74, 6) is 0. The summed E-state index contributed by atoms with van der Waals surface area (Å²) in [5, 5.41) is 0. The van der Waals surface area contributed by atoms with Crippen molar-refractivity contribution < 1.29 is 0 Å². The van der Waals surface area contributed by atoms with E-state index < -0.39 is 0 Å². The van der Waals surface area contributed by atoms with Crippen LogP contribution in [-0.4, -0.2) is 18.5 Å². The van der Waals surface area contributed by atoms with Gasteiger partial charge >= 0.3 is 0 Å². The third-order valence-corrected chi connectivity index (χ3v) is 1.69. The molecular formula is C10H19N. The van der Waals surface area contributed by atoms with Gasteiger partial charge in [0.25, 0.3) is 0 Å². The molecule has 0 unspecified atom stereocenters. The largest absolute Gasteiger partial charge is 0.375 e. The van der Waals surface area contributed by atoms with Gasteiger partial charge in [-0.15, -0.1) is 0 Å². The Hall–Kier alpha value is -0.720. The minimum Gasteiger partial charge on any atom is -0.375 e. The molecular weight excluding hydrogens is 134 g/mol. The molecule has 0 bridgehead atoms. The van der Waals surface area contributed by atoms with E-state index in [9.17, 15) is 0 Å². The van der Waals surface area contributed by atoms with Crippen LogP contribution in [0.2, 0.25) is 0 Å². The van der Waals surface area contributed by atoms with Crippen molar-refractivity contribution in [3.05, 3.63) is 24.4 Å². The molecule has 0 amide bonds. The fourth-order valence-electron chi connectivity index (χ4n) is 0.920. The van der Waals surface area contributed by atoms with Gasteiger partial charge in [-0.2, -0.15) is 0 Å². The molecule has 0 radical (unpaired) electrons. The Kier molecular flexibility index (Phi) is 5.63. The quantitative estimate of drug-likeness (QED) is 0.484. The second kappa shape index (κ2) is 6.02. The highest BCUT2D eigenvalue weighted by molar-refractivity contribution is 5.02. The van der Waals surface area contributed by atoms with Gasteiger partial charge in [0, 0.05) is 19.3 Å². The number of allylic oxidation sites excluding steroid dienone is 2. The first-order valence-corrected chi connectivity index (χ1v) is 4.34. The standard InChI is InChI=1S/C8H13N.C2H6/c1-8-6-4-3-5-7-9(8)2;1-2/h3,5H,1,4,6-7H2,2H3;1-2H3. The summed E-state index contributed by atoms with van der Waals surface area (Å²) in [7, 11) is 2.08. The molecule has 64 valence electrons. The average molecular weight is 153 g/mol. The average Bonchev–Trinajstić information content (AvgIpc) is 2.22. The van der Waals surface area contributed by atoms with Gasteiger partial charge in [-0.05, 0) is 12.8 Å². The molecule has 0 aromatic rings. The van der Waals surface area contributed by atoms with E-state index in [1.165, 1.54) is 5.70 Å². The Balaban J connectivity index is 0.000000461. The van der Waals surface area contributed by atoms with Crippen molar-refractivity contribution in [2.75, 3.05) is 13.6 Å². The molecule has 1 heterocycles. The van der Waals surface area contributed by atoms with Crippen LogP contribution in [0.5, 0.6) is 0 Å². The third kappa shape index (κ3) is 3.87. The molecule has 0 aliphatic carbocycles. The van der Waals surface area contributed by atoms with Crippen molar-refractivity contribution in [2.24, 2.45) is 0 Å². The lowest BCUT2D eigenvalue weighted by atomic mass is 10.2. The summed E-state index contributed by atoms with van der Waals surface area (Å²) in [5.41, 5.74) is 1.25. The van der Waals surface area contributed by atoms with Crippen LogP contribution < -0.4 is 0 Å². The van der Waals surface area contributed by atoms with Crippen molar-refractivity contribution in [2.45, 2.75) is 26.7 Å². The molecule has 0 N–H and O–H groups in total. The van der Waals surface area contributed by atoms with Crippen LogP contribution in [0.15, 0.2) is 24.4 Å². The number of hydrogen-bond acceptors (Lipinski definition) is 1. The predicted octanol–water partition coefficient (Wildman–Crippen LogP) is 2.81. The molecule has 1 nitrogen and oxygen atoms in total. The van der Waals surface area contributed by atoms with Crippen molar-refractivity contribution >= 4 is 0 Å². The Morgan fingerprint density at radius 3 is 2.64 bits per heavy atom. The summed E-state index contributed by atoms with van der Waals surface area (Å²) in [6.45, 7) is 8.97. The lowest BCUT2D eigenvalue weighted by Gasteiger charge is -2.16. The van der Waals surface area contributed by atoms with Crippen molar-refractivity contribution in [1.29, 1.82) is 0 Å². The highest BCUT2D eigenvalue weighted by atomic mass is 15.1. The summed E-state index contributed by atoms with van der Waals surface area (Å²) in [6.07, 6.45) is 6.68. The van der Waals surface area contributed by atoms with Gasteiger partial charge in [0.15, 0.2) is 0 Å². The first-order valence-electron chi connectivity index (χ1n) is 4.34. The maximum Gasteiger partial charge on any atom is 0.0353 e. The fraction of sp³-hybridized carbons (Fsp3) is 0.600. The Bertz CT molecular complexity index is 136. The maximum absolute atomic E-state index is 3.94. The van der Waals surface area contributed by atoms with Gasteiger partial charge in [0.2, 0.25) is 0 Å². The first-order chi connectivity index (χ1) is 5.30. The van der Waals surface area contributed by atoms with Gasteiger partial charge in [0.1, 0.15) is 0 Å². The molecule has 1 aliphatic rings. The maximum atomic E-state index is 3.94. The van der Waals surface area contributed by atoms with Crippen molar-refractivity contribution in [1.82, 2.24) is 4.90 Å². The monoisotopic (exact) mass is 153 g/mol. The molecule has 0 spiro atoms. The number of hydrogen-bond donors (Lipinski definition) is 0. The topological polar surface area (TPSA) is 3.24 Å². The first kappa shape index (κ1) is 10.3. The normalized spacial score (nSPS) is 17.0. The molecule has 1 heteroatoms. The van der Waals surface area contributed by atoms with Crippen LogP contribution in [-0.2, 0) is 0 Å². The zero-order valence-electron chi connectivity index (χ0n) is 7.93. The minimum absolute atomic E-state index is 1.03. The Morgan fingerprint density at radius 1 is 1.36 bits per heavy atom. The molecule has 0 aromatic heterocycles. The second-order valence-corrected chi connectivity index (χ2v) is 2.46. The van der Waals surface area contributed by atoms with Gasteiger partial charge in [-0.1, -0.05) is 32.6 Å². The molecule has 1 aliphatic heterocycles. The van der Waals surface area contributed by atoms with Gasteiger partial charge in [-0.25, -0.2) is 0 Å². The van der Waals surface area contributed by atoms with E-state index in [0.717, 1.165) is 19.4 Å². The van der Waals surface area contributed by atoms with E-state index in [4.69, 9.17) is 0 Å². The van der Waals surface area contributed by atoms with Crippen LogP contribution in [0, 0.1) is 0 Å². The number of likely N-dealkylation sites (N-methyl/N-ethyl adjacent to an activating group) is 1. The van der Waals surface area contributed by atoms with Crippen molar-refractivity contribution in [3.8, 4) is 0 Å². The highest BCUT2D eigenvalue weighted by Gasteiger charge is 2.00. The lowest BCUT2D eigenvalue weighted by molar-refractivity contribution is 0.454. The number of nitrogens with zero attached hydrogens (tertiary/aromatic N) is 1. The second-order valence-electron chi connectivity index (χ2n) is 2.46. The molecule has 0 atom stereocenters. The molecule has 0 fully saturated rings. The summed E-state index contributed by atoms with van der Waals surface area (Å²) in [4.78, 5) is 2.18. The molecule has 11 heavy (non-hydrogen) atoms. The van der Waals surface area contributed by atoms with Crippen LogP contribution >= 0.6 is 0 Å². The van der Waals surface area contributed by atoms with Gasteiger partial charge < -0.3 is 4.90 Å². The molecule has 0 saturated heterocycles. The molecule has 1 rings (SSSR count). The van der Waals surface area contributed by atoms with E-state index in [0.29, 0.717) is 0 Å². The van der Waals surface area contributed by atoms with Crippen molar-refractivity contribution in [3.63, 3.8) is 0 Å². The fourth-order valence-corrected chi connectivity index (χ4v) is 0.920. The zero-order valence-corrected chi connectivity index (χ0v) is 7.93. The van der Waals surface area contributed by atoms with Gasteiger partial charge in [-0.3, -0.25) is 0 Å². The zero-order chi connectivity index (χ0) is 8.69. The minimum atomic E-state index is 1.03. The molecule has 0 aromatic carbocycles. The summed E-state index contributed by atoms with van der Waals surface area (Å²) < 4.78 is 0. The van der Waals surface area contributed by atoms with Crippen LogP contribution in [0.4, 0.5) is 0 Å². The SMILES string of the molecule is C=C1CCC=CCN1C.CC. The van der Waals surface area contributed by atoms with Crippen LogP contribution in [0.25, 0.3) is 0 Å². The number of rotatable bonds is 0. The smallest absolute Gasteiger partial charge is 0.0353 e. The van der Waals surface area contributed by atoms with E-state index in [-0.39, 0.29) is 0 Å². The summed E-state index contributed by atoms with van der Waals surface area (Å²) in [6, 6.07) is 0. The molecule has 0 saturated carbocycles. The van der Waals surface area contributed by atoms with E-state index in [1.54, 1.807) is 0 Å².